The van der Waals surface area contributed by atoms with Gasteiger partial charge in [0, 0.05) is 24.7 Å². The molecule has 1 aliphatic heterocycles. The molecule has 0 radical (unpaired) electrons. The number of ether oxygens (including phenoxy) is 1. The highest BCUT2D eigenvalue weighted by molar-refractivity contribution is 6.32. The zero-order chi connectivity index (χ0) is 23.7. The number of esters is 1. The van der Waals surface area contributed by atoms with Crippen molar-refractivity contribution in [3.8, 4) is 0 Å². The second-order valence-electron chi connectivity index (χ2n) is 8.07. The van der Waals surface area contributed by atoms with Gasteiger partial charge in [0.2, 0.25) is 11.7 Å². The van der Waals surface area contributed by atoms with Gasteiger partial charge in [-0.05, 0) is 49.6 Å². The van der Waals surface area contributed by atoms with Crippen LogP contribution in [0.3, 0.4) is 0 Å². The van der Waals surface area contributed by atoms with Crippen LogP contribution in [0.15, 0.2) is 48.5 Å². The van der Waals surface area contributed by atoms with E-state index in [-0.39, 0.29) is 22.4 Å². The van der Waals surface area contributed by atoms with Gasteiger partial charge >= 0.3 is 5.97 Å². The molecule has 1 aromatic heterocycles. The minimum absolute atomic E-state index is 0.0322. The molecule has 1 unspecified atom stereocenters. The first kappa shape index (κ1) is 22.7. The Labute approximate surface area is 196 Å². The van der Waals surface area contributed by atoms with Crippen molar-refractivity contribution in [2.75, 3.05) is 11.4 Å². The zero-order valence-electron chi connectivity index (χ0n) is 18.7. The first-order chi connectivity index (χ1) is 15.8. The van der Waals surface area contributed by atoms with Crippen LogP contribution >= 0.6 is 11.6 Å². The Balaban J connectivity index is 1.48. The number of carbonyl (C=O) groups is 3. The van der Waals surface area contributed by atoms with Crippen LogP contribution in [0.5, 0.6) is 0 Å². The molecule has 3 aromatic rings. The van der Waals surface area contributed by atoms with Crippen molar-refractivity contribution in [3.63, 3.8) is 0 Å². The second-order valence-corrected chi connectivity index (χ2v) is 8.43. The molecule has 33 heavy (non-hydrogen) atoms. The third-order valence-corrected chi connectivity index (χ3v) is 6.12. The fourth-order valence-electron chi connectivity index (χ4n) is 4.04. The molecule has 8 heteroatoms. The molecule has 4 rings (SSSR count). The number of fused-ring (bicyclic) bond motifs is 1. The molecule has 0 saturated heterocycles. The Morgan fingerprint density at radius 3 is 2.58 bits per heavy atom. The Morgan fingerprint density at radius 2 is 1.88 bits per heavy atom. The lowest BCUT2D eigenvalue weighted by atomic mass is 10.0. The molecule has 0 aliphatic carbocycles. The van der Waals surface area contributed by atoms with Gasteiger partial charge in [-0.1, -0.05) is 41.9 Å². The van der Waals surface area contributed by atoms with Crippen LogP contribution < -0.4 is 4.90 Å². The summed E-state index contributed by atoms with van der Waals surface area (Å²) in [7, 11) is 0. The molecule has 2 aromatic carbocycles. The third-order valence-electron chi connectivity index (χ3n) is 5.74. The summed E-state index contributed by atoms with van der Waals surface area (Å²) in [5, 5.41) is 4.53. The standard InChI is InChI=1S/C25H24ClN3O4/c1-15-22(24(26)29(27-15)14-18-7-5-4-6-8-18)25(32)33-16(2)23(31)20-9-10-21-19(13-20)11-12-28(21)17(3)30/h4-10,13,16H,11-12,14H2,1-3H3. The summed E-state index contributed by atoms with van der Waals surface area (Å²) in [6, 6.07) is 14.8. The number of halogens is 1. The van der Waals surface area contributed by atoms with Gasteiger partial charge in [-0.2, -0.15) is 5.10 Å². The number of aromatic nitrogens is 2. The maximum absolute atomic E-state index is 12.9. The number of ketones is 1. The molecule has 0 bridgehead atoms. The van der Waals surface area contributed by atoms with Crippen molar-refractivity contribution in [3.05, 3.63) is 81.6 Å². The molecule has 7 nitrogen and oxygen atoms in total. The number of hydrogen-bond donors (Lipinski definition) is 0. The SMILES string of the molecule is CC(=O)N1CCc2cc(C(=O)C(C)OC(=O)c3c(C)nn(Cc4ccccc4)c3Cl)ccc21. The van der Waals surface area contributed by atoms with E-state index in [1.165, 1.54) is 18.5 Å². The Bertz CT molecular complexity index is 1240. The minimum Gasteiger partial charge on any atom is -0.451 e. The van der Waals surface area contributed by atoms with Crippen molar-refractivity contribution in [1.29, 1.82) is 0 Å². The summed E-state index contributed by atoms with van der Waals surface area (Å²) in [6.07, 6.45) is -0.326. The van der Waals surface area contributed by atoms with E-state index in [1.54, 1.807) is 30.0 Å². The number of aryl methyl sites for hydroxylation is 1. The average Bonchev–Trinajstić information content (AvgIpc) is 3.33. The van der Waals surface area contributed by atoms with Crippen molar-refractivity contribution in [1.82, 2.24) is 9.78 Å². The van der Waals surface area contributed by atoms with Crippen molar-refractivity contribution >= 4 is 34.9 Å². The maximum Gasteiger partial charge on any atom is 0.343 e. The van der Waals surface area contributed by atoms with Gasteiger partial charge < -0.3 is 9.64 Å². The maximum atomic E-state index is 12.9. The van der Waals surface area contributed by atoms with Crippen LogP contribution in [-0.2, 0) is 22.5 Å². The highest BCUT2D eigenvalue weighted by Gasteiger charge is 2.28. The molecule has 1 atom stereocenters. The van der Waals surface area contributed by atoms with Crippen LogP contribution in [0.1, 0.15) is 51.4 Å². The topological polar surface area (TPSA) is 81.5 Å². The van der Waals surface area contributed by atoms with Crippen molar-refractivity contribution in [2.45, 2.75) is 39.8 Å². The number of rotatable bonds is 6. The third kappa shape index (κ3) is 4.54. The van der Waals surface area contributed by atoms with Gasteiger partial charge in [0.1, 0.15) is 10.7 Å². The quantitative estimate of drug-likeness (QED) is 0.402. The van der Waals surface area contributed by atoms with Gasteiger partial charge in [0.25, 0.3) is 0 Å². The van der Waals surface area contributed by atoms with Gasteiger partial charge in [0.15, 0.2) is 6.10 Å². The van der Waals surface area contributed by atoms with E-state index < -0.39 is 12.1 Å². The molecule has 0 fully saturated rings. The van der Waals surface area contributed by atoms with E-state index in [0.29, 0.717) is 30.8 Å². The summed E-state index contributed by atoms with van der Waals surface area (Å²) in [5.41, 5.74) is 3.75. The Morgan fingerprint density at radius 1 is 1.15 bits per heavy atom. The number of hydrogen-bond acceptors (Lipinski definition) is 5. The first-order valence-corrected chi connectivity index (χ1v) is 11.1. The fourth-order valence-corrected chi connectivity index (χ4v) is 4.35. The molecule has 1 amide bonds. The minimum atomic E-state index is -1.01. The highest BCUT2D eigenvalue weighted by Crippen LogP contribution is 2.29. The van der Waals surface area contributed by atoms with Crippen LogP contribution in [0.25, 0.3) is 0 Å². The van der Waals surface area contributed by atoms with E-state index in [0.717, 1.165) is 16.8 Å². The number of Topliss-reactive ketones (excluding diaryl/α,β-unsaturated/α-hetero) is 1. The Hall–Kier alpha value is -3.45. The van der Waals surface area contributed by atoms with E-state index in [1.807, 2.05) is 30.3 Å². The predicted molar refractivity (Wildman–Crippen MR) is 125 cm³/mol. The number of nitrogens with zero attached hydrogens (tertiary/aromatic N) is 3. The predicted octanol–water partition coefficient (Wildman–Crippen LogP) is 4.23. The van der Waals surface area contributed by atoms with Crippen LogP contribution in [-0.4, -0.2) is 40.1 Å². The summed E-state index contributed by atoms with van der Waals surface area (Å²) in [5.74, 6) is -1.05. The zero-order valence-corrected chi connectivity index (χ0v) is 19.4. The fraction of sp³-hybridized carbons (Fsp3) is 0.280. The molecular weight excluding hydrogens is 442 g/mol. The van der Waals surface area contributed by atoms with E-state index >= 15 is 0 Å². The molecule has 0 spiro atoms. The van der Waals surface area contributed by atoms with Gasteiger partial charge in [-0.3, -0.25) is 9.59 Å². The van der Waals surface area contributed by atoms with Gasteiger partial charge in [-0.15, -0.1) is 0 Å². The molecular formula is C25H24ClN3O4. The highest BCUT2D eigenvalue weighted by atomic mass is 35.5. The van der Waals surface area contributed by atoms with Crippen molar-refractivity contribution in [2.24, 2.45) is 0 Å². The molecule has 0 saturated carbocycles. The molecule has 1 aliphatic rings. The number of amides is 1. The van der Waals surface area contributed by atoms with Crippen LogP contribution in [0.2, 0.25) is 5.15 Å². The van der Waals surface area contributed by atoms with E-state index in [4.69, 9.17) is 16.3 Å². The molecule has 0 N–H and O–H groups in total. The van der Waals surface area contributed by atoms with Gasteiger partial charge in [-0.25, -0.2) is 9.48 Å². The first-order valence-electron chi connectivity index (χ1n) is 10.7. The number of anilines is 1. The summed E-state index contributed by atoms with van der Waals surface area (Å²) in [6.45, 7) is 5.74. The molecule has 2 heterocycles. The number of carbonyl (C=O) groups excluding carboxylic acids is 3. The lowest BCUT2D eigenvalue weighted by molar-refractivity contribution is -0.116. The van der Waals surface area contributed by atoms with Crippen LogP contribution in [0.4, 0.5) is 5.69 Å². The summed E-state index contributed by atoms with van der Waals surface area (Å²) >= 11 is 6.44. The lowest BCUT2D eigenvalue weighted by Crippen LogP contribution is -2.26. The van der Waals surface area contributed by atoms with E-state index in [9.17, 15) is 14.4 Å². The van der Waals surface area contributed by atoms with E-state index in [2.05, 4.69) is 5.10 Å². The summed E-state index contributed by atoms with van der Waals surface area (Å²) in [4.78, 5) is 39.2. The molecule has 170 valence electrons. The van der Waals surface area contributed by atoms with Gasteiger partial charge in [0.05, 0.1) is 12.2 Å². The van der Waals surface area contributed by atoms with Crippen molar-refractivity contribution < 1.29 is 19.1 Å². The lowest BCUT2D eigenvalue weighted by Gasteiger charge is -2.16. The second kappa shape index (κ2) is 9.19. The van der Waals surface area contributed by atoms with Crippen LogP contribution in [0, 0.1) is 6.92 Å². The largest absolute Gasteiger partial charge is 0.451 e. The average molecular weight is 466 g/mol. The summed E-state index contributed by atoms with van der Waals surface area (Å²) < 4.78 is 7.00. The smallest absolute Gasteiger partial charge is 0.343 e. The normalized spacial score (nSPS) is 13.5. The number of benzene rings is 2. The monoisotopic (exact) mass is 465 g/mol. The Kier molecular flexibility index (Phi) is 6.33.